The van der Waals surface area contributed by atoms with Crippen molar-refractivity contribution in [1.82, 2.24) is 0 Å². The van der Waals surface area contributed by atoms with Crippen LogP contribution in [0.4, 0.5) is 5.69 Å². The number of hydrogen-bond acceptors (Lipinski definition) is 3. The highest BCUT2D eigenvalue weighted by Gasteiger charge is 2.59. The van der Waals surface area contributed by atoms with E-state index in [0.717, 1.165) is 16.8 Å². The van der Waals surface area contributed by atoms with E-state index in [-0.39, 0.29) is 11.7 Å². The van der Waals surface area contributed by atoms with Crippen LogP contribution >= 0.6 is 0 Å². The van der Waals surface area contributed by atoms with Crippen LogP contribution < -0.4 is 5.06 Å². The number of benzene rings is 3. The van der Waals surface area contributed by atoms with Gasteiger partial charge in [-0.1, -0.05) is 66.7 Å². The molecule has 0 aromatic heterocycles. The van der Waals surface area contributed by atoms with Gasteiger partial charge in [0.15, 0.2) is 0 Å². The maximum absolute atomic E-state index is 12.7. The third-order valence-electron chi connectivity index (χ3n) is 5.64. The average molecular weight is 341 g/mol. The summed E-state index contributed by atoms with van der Waals surface area (Å²) in [5, 5.41) is 1.96. The molecule has 1 aliphatic carbocycles. The molecule has 1 spiro atoms. The normalized spacial score (nSPS) is 19.4. The fraction of sp³-hybridized carbons (Fsp3) is 0.174. The number of para-hydroxylation sites is 1. The van der Waals surface area contributed by atoms with E-state index in [4.69, 9.17) is 4.84 Å². The number of carbonyl (C=O) groups excluding carboxylic acids is 1. The van der Waals surface area contributed by atoms with Crippen LogP contribution in [0, 0.1) is 5.92 Å². The summed E-state index contributed by atoms with van der Waals surface area (Å²) in [7, 11) is 0. The van der Waals surface area contributed by atoms with E-state index < -0.39 is 5.54 Å². The Kier molecular flexibility index (Phi) is 3.28. The summed E-state index contributed by atoms with van der Waals surface area (Å²) >= 11 is 0. The van der Waals surface area contributed by atoms with Crippen LogP contribution in [0.1, 0.15) is 18.1 Å². The molecule has 1 aliphatic heterocycles. The zero-order chi connectivity index (χ0) is 17.7. The molecule has 0 amide bonds. The van der Waals surface area contributed by atoms with Crippen LogP contribution in [-0.4, -0.2) is 12.4 Å². The first-order chi connectivity index (χ1) is 12.7. The van der Waals surface area contributed by atoms with Gasteiger partial charge in [0, 0.05) is 0 Å². The highest BCUT2D eigenvalue weighted by molar-refractivity contribution is 5.90. The summed E-state index contributed by atoms with van der Waals surface area (Å²) in [6.07, 6.45) is 0. The minimum atomic E-state index is -0.625. The maximum Gasteiger partial charge on any atom is 0.138 e. The van der Waals surface area contributed by atoms with E-state index in [1.807, 2.05) is 47.5 Å². The molecule has 1 unspecified atom stereocenters. The number of hydrogen-bond donors (Lipinski definition) is 0. The van der Waals surface area contributed by atoms with Crippen molar-refractivity contribution in [3.05, 3.63) is 90.0 Å². The number of carbonyl (C=O) groups is 1. The Morgan fingerprint density at radius 3 is 2.00 bits per heavy atom. The lowest BCUT2D eigenvalue weighted by atomic mass is 9.75. The molecule has 3 heteroatoms. The minimum absolute atomic E-state index is 0.148. The van der Waals surface area contributed by atoms with Gasteiger partial charge >= 0.3 is 0 Å². The van der Waals surface area contributed by atoms with Crippen LogP contribution in [0.3, 0.4) is 0 Å². The molecule has 0 N–H and O–H groups in total. The van der Waals surface area contributed by atoms with Crippen molar-refractivity contribution in [3.8, 4) is 11.1 Å². The largest absolute Gasteiger partial charge is 0.299 e. The number of hydroxylamine groups is 1. The lowest BCUT2D eigenvalue weighted by molar-refractivity contribution is -0.121. The molecule has 3 aromatic carbocycles. The molecule has 1 saturated heterocycles. The second-order valence-corrected chi connectivity index (χ2v) is 6.95. The SMILES string of the molecule is CC(=O)C1CON(c2ccccc2)C12c1ccccc1-c1ccccc12. The number of rotatable bonds is 2. The van der Waals surface area contributed by atoms with Gasteiger partial charge in [-0.2, -0.15) is 0 Å². The third-order valence-corrected chi connectivity index (χ3v) is 5.64. The van der Waals surface area contributed by atoms with Gasteiger partial charge < -0.3 is 0 Å². The molecule has 5 rings (SSSR count). The molecule has 1 fully saturated rings. The molecule has 1 atom stereocenters. The quantitative estimate of drug-likeness (QED) is 0.684. The standard InChI is InChI=1S/C23H19NO2/c1-16(25)22-15-26-24(17-9-3-2-4-10-17)23(22)20-13-7-5-11-18(20)19-12-6-8-14-21(19)23/h2-14,22H,15H2,1H3. The van der Waals surface area contributed by atoms with Gasteiger partial charge in [-0.15, -0.1) is 0 Å². The summed E-state index contributed by atoms with van der Waals surface area (Å²) in [6, 6.07) is 26.8. The number of ketones is 1. The predicted molar refractivity (Wildman–Crippen MR) is 102 cm³/mol. The average Bonchev–Trinajstić information content (AvgIpc) is 3.22. The molecular weight excluding hydrogens is 322 g/mol. The Hall–Kier alpha value is -2.91. The minimum Gasteiger partial charge on any atom is -0.299 e. The molecule has 3 nitrogen and oxygen atoms in total. The van der Waals surface area contributed by atoms with E-state index in [1.165, 1.54) is 11.1 Å². The van der Waals surface area contributed by atoms with E-state index in [9.17, 15) is 4.79 Å². The van der Waals surface area contributed by atoms with Gasteiger partial charge in [0.1, 0.15) is 11.3 Å². The summed E-state index contributed by atoms with van der Waals surface area (Å²) in [5.41, 5.74) is 4.98. The maximum atomic E-state index is 12.7. The monoisotopic (exact) mass is 341 g/mol. The van der Waals surface area contributed by atoms with Crippen molar-refractivity contribution in [1.29, 1.82) is 0 Å². The summed E-state index contributed by atoms with van der Waals surface area (Å²) in [4.78, 5) is 18.9. The smallest absolute Gasteiger partial charge is 0.138 e. The van der Waals surface area contributed by atoms with Crippen LogP contribution in [0.2, 0.25) is 0 Å². The first-order valence-electron chi connectivity index (χ1n) is 8.92. The lowest BCUT2D eigenvalue weighted by Crippen LogP contribution is -2.46. The molecule has 128 valence electrons. The number of anilines is 1. The van der Waals surface area contributed by atoms with Crippen molar-refractivity contribution >= 4 is 11.5 Å². The van der Waals surface area contributed by atoms with E-state index in [2.05, 4.69) is 36.4 Å². The second kappa shape index (κ2) is 5.55. The highest BCUT2D eigenvalue weighted by atomic mass is 16.7. The Morgan fingerprint density at radius 2 is 1.42 bits per heavy atom. The van der Waals surface area contributed by atoms with Crippen LogP contribution in [-0.2, 0) is 15.2 Å². The molecule has 0 saturated carbocycles. The lowest BCUT2D eigenvalue weighted by Gasteiger charge is -2.39. The first-order valence-corrected chi connectivity index (χ1v) is 8.92. The fourth-order valence-electron chi connectivity index (χ4n) is 4.61. The number of nitrogens with zero attached hydrogens (tertiary/aromatic N) is 1. The summed E-state index contributed by atoms with van der Waals surface area (Å²) < 4.78 is 0. The van der Waals surface area contributed by atoms with Gasteiger partial charge in [-0.3, -0.25) is 9.63 Å². The third kappa shape index (κ3) is 1.84. The van der Waals surface area contributed by atoms with Gasteiger partial charge in [-0.25, -0.2) is 5.06 Å². The summed E-state index contributed by atoms with van der Waals surface area (Å²) in [6.45, 7) is 2.06. The second-order valence-electron chi connectivity index (χ2n) is 6.95. The predicted octanol–water partition coefficient (Wildman–Crippen LogP) is 4.57. The van der Waals surface area contributed by atoms with Crippen molar-refractivity contribution in [2.45, 2.75) is 12.5 Å². The Bertz CT molecular complexity index is 950. The molecule has 1 heterocycles. The number of fused-ring (bicyclic) bond motifs is 5. The van der Waals surface area contributed by atoms with Crippen molar-refractivity contribution in [2.24, 2.45) is 5.92 Å². The van der Waals surface area contributed by atoms with E-state index >= 15 is 0 Å². The Morgan fingerprint density at radius 1 is 0.885 bits per heavy atom. The fourth-order valence-corrected chi connectivity index (χ4v) is 4.61. The molecule has 3 aromatic rings. The number of Topliss-reactive ketones (excluding diaryl/α,β-unsaturated/α-hetero) is 1. The molecule has 26 heavy (non-hydrogen) atoms. The van der Waals surface area contributed by atoms with Gasteiger partial charge in [0.2, 0.25) is 0 Å². The van der Waals surface area contributed by atoms with Gasteiger partial charge in [0.25, 0.3) is 0 Å². The van der Waals surface area contributed by atoms with Crippen LogP contribution in [0.15, 0.2) is 78.9 Å². The topological polar surface area (TPSA) is 29.5 Å². The van der Waals surface area contributed by atoms with Crippen LogP contribution in [0.25, 0.3) is 11.1 Å². The van der Waals surface area contributed by atoms with E-state index in [0.29, 0.717) is 6.61 Å². The molecule has 0 radical (unpaired) electrons. The zero-order valence-electron chi connectivity index (χ0n) is 14.6. The van der Waals surface area contributed by atoms with Gasteiger partial charge in [-0.05, 0) is 41.3 Å². The van der Waals surface area contributed by atoms with Crippen molar-refractivity contribution in [3.63, 3.8) is 0 Å². The van der Waals surface area contributed by atoms with Crippen molar-refractivity contribution in [2.75, 3.05) is 11.7 Å². The molecule has 2 aliphatic rings. The zero-order valence-corrected chi connectivity index (χ0v) is 14.6. The van der Waals surface area contributed by atoms with Crippen LogP contribution in [0.5, 0.6) is 0 Å². The Balaban J connectivity index is 1.87. The van der Waals surface area contributed by atoms with E-state index in [1.54, 1.807) is 6.92 Å². The summed E-state index contributed by atoms with van der Waals surface area (Å²) in [5.74, 6) is -0.109. The molecular formula is C23H19NO2. The molecule has 0 bridgehead atoms. The highest BCUT2D eigenvalue weighted by Crippen LogP contribution is 2.58. The Labute approximate surface area is 152 Å². The van der Waals surface area contributed by atoms with Crippen molar-refractivity contribution < 1.29 is 9.63 Å². The first kappa shape index (κ1) is 15.4. The van der Waals surface area contributed by atoms with Gasteiger partial charge in [0.05, 0.1) is 18.2 Å².